The van der Waals surface area contributed by atoms with Gasteiger partial charge in [0.25, 0.3) is 0 Å². The van der Waals surface area contributed by atoms with Gasteiger partial charge >= 0.3 is 0 Å². The van der Waals surface area contributed by atoms with E-state index < -0.39 is 8.07 Å². The molecule has 1 aliphatic heterocycles. The molecule has 0 atom stereocenters. The fourth-order valence-corrected chi connectivity index (χ4v) is 8.53. The zero-order chi connectivity index (χ0) is 22.3. The number of hydrogen-bond acceptors (Lipinski definition) is 1. The summed E-state index contributed by atoms with van der Waals surface area (Å²) in [5, 5.41) is 3.48. The molecule has 1 heterocycles. The van der Waals surface area contributed by atoms with Gasteiger partial charge in [0.15, 0.2) is 0 Å². The van der Waals surface area contributed by atoms with Crippen LogP contribution in [0.4, 0.5) is 0 Å². The fourth-order valence-electron chi connectivity index (χ4n) is 5.60. The third-order valence-corrected chi connectivity index (χ3v) is 11.2. The second-order valence-electron chi connectivity index (χ2n) is 9.95. The van der Waals surface area contributed by atoms with Crippen molar-refractivity contribution in [1.82, 2.24) is 0 Å². The Labute approximate surface area is 195 Å². The van der Waals surface area contributed by atoms with Crippen LogP contribution < -0.4 is 15.1 Å². The number of para-hydroxylation sites is 1. The summed E-state index contributed by atoms with van der Waals surface area (Å²) in [4.78, 5) is 0. The van der Waals surface area contributed by atoms with Crippen LogP contribution >= 0.6 is 11.6 Å². The summed E-state index contributed by atoms with van der Waals surface area (Å²) < 4.78 is 6.92. The molecule has 0 saturated carbocycles. The first kappa shape index (κ1) is 19.8. The lowest BCUT2D eigenvalue weighted by atomic mass is 9.82. The van der Waals surface area contributed by atoms with Crippen LogP contribution in [0.3, 0.4) is 0 Å². The molecule has 4 aromatic carbocycles. The summed E-state index contributed by atoms with van der Waals surface area (Å²) in [5.74, 6) is 2.07. The lowest BCUT2D eigenvalue weighted by Crippen LogP contribution is -2.56. The number of benzene rings is 4. The molecule has 0 N–H and O–H groups in total. The number of fused-ring (bicyclic) bond motifs is 6. The molecule has 1 aliphatic carbocycles. The van der Waals surface area contributed by atoms with E-state index >= 15 is 0 Å². The quantitative estimate of drug-likeness (QED) is 0.276. The molecule has 0 aromatic heterocycles. The number of ether oxygens (including phenoxy) is 1. The van der Waals surface area contributed by atoms with E-state index in [2.05, 4.69) is 93.7 Å². The SMILES string of the molecule is CC1(C)c2ccccc2-c2c1ccc1c2Oc2c(-c3ccc(Cl)cc3)cccc2[Si]1(C)C. The van der Waals surface area contributed by atoms with Gasteiger partial charge in [-0.2, -0.15) is 0 Å². The van der Waals surface area contributed by atoms with Gasteiger partial charge in [0, 0.05) is 21.6 Å². The van der Waals surface area contributed by atoms with Crippen LogP contribution in [0.25, 0.3) is 22.3 Å². The molecule has 158 valence electrons. The Balaban J connectivity index is 1.64. The van der Waals surface area contributed by atoms with Gasteiger partial charge in [-0.1, -0.05) is 105 Å². The normalized spacial score (nSPS) is 16.4. The molecular formula is C29H25ClOSi. The molecular weight excluding hydrogens is 428 g/mol. The largest absolute Gasteiger partial charge is 0.456 e. The highest BCUT2D eigenvalue weighted by molar-refractivity contribution is 7.02. The van der Waals surface area contributed by atoms with Crippen LogP contribution in [0.15, 0.2) is 78.9 Å². The maximum absolute atomic E-state index is 6.92. The monoisotopic (exact) mass is 452 g/mol. The maximum Gasteiger partial charge on any atom is 0.135 e. The van der Waals surface area contributed by atoms with Crippen molar-refractivity contribution < 1.29 is 4.74 Å². The summed E-state index contributed by atoms with van der Waals surface area (Å²) in [6.07, 6.45) is 0. The molecule has 0 spiro atoms. The first-order chi connectivity index (χ1) is 15.3. The highest BCUT2D eigenvalue weighted by atomic mass is 35.5. The lowest BCUT2D eigenvalue weighted by Gasteiger charge is -2.35. The topological polar surface area (TPSA) is 9.23 Å². The maximum atomic E-state index is 6.92. The van der Waals surface area contributed by atoms with E-state index in [-0.39, 0.29) is 5.41 Å². The standard InChI is InChI=1S/C29H25ClOSi/c1-29(2)22-10-6-5-8-21(22)26-23(29)16-17-25-28(26)31-27-20(18-12-14-19(30)15-13-18)9-7-11-24(27)32(25,3)4/h5-17H,1-4H3. The Morgan fingerprint density at radius 2 is 1.38 bits per heavy atom. The Kier molecular flexibility index (Phi) is 4.09. The van der Waals surface area contributed by atoms with Crippen LogP contribution in [0, 0.1) is 0 Å². The minimum absolute atomic E-state index is 0.0357. The van der Waals surface area contributed by atoms with Crippen molar-refractivity contribution in [1.29, 1.82) is 0 Å². The molecule has 0 bridgehead atoms. The van der Waals surface area contributed by atoms with Crippen molar-refractivity contribution in [3.05, 3.63) is 95.0 Å². The molecule has 32 heavy (non-hydrogen) atoms. The summed E-state index contributed by atoms with van der Waals surface area (Å²) in [5.41, 5.74) is 7.55. The predicted molar refractivity (Wildman–Crippen MR) is 138 cm³/mol. The highest BCUT2D eigenvalue weighted by Crippen LogP contribution is 2.53. The Morgan fingerprint density at radius 3 is 2.16 bits per heavy atom. The Morgan fingerprint density at radius 1 is 0.688 bits per heavy atom. The van der Waals surface area contributed by atoms with Crippen LogP contribution in [0.5, 0.6) is 11.5 Å². The van der Waals surface area contributed by atoms with E-state index in [0.717, 1.165) is 27.6 Å². The average Bonchev–Trinajstić information content (AvgIpc) is 3.02. The fraction of sp³-hybridized carbons (Fsp3) is 0.172. The van der Waals surface area contributed by atoms with E-state index in [1.165, 1.54) is 32.6 Å². The minimum atomic E-state index is -1.97. The molecule has 0 radical (unpaired) electrons. The molecule has 4 aromatic rings. The summed E-state index contributed by atoms with van der Waals surface area (Å²) in [6, 6.07) is 28.1. The Bertz CT molecular complexity index is 1400. The van der Waals surface area contributed by atoms with Crippen LogP contribution in [-0.2, 0) is 5.41 Å². The Hall–Kier alpha value is -2.81. The number of halogens is 1. The van der Waals surface area contributed by atoms with E-state index in [0.29, 0.717) is 0 Å². The number of rotatable bonds is 1. The second-order valence-corrected chi connectivity index (χ2v) is 14.7. The first-order valence-corrected chi connectivity index (χ1v) is 14.5. The van der Waals surface area contributed by atoms with E-state index in [1.54, 1.807) is 0 Å². The zero-order valence-corrected chi connectivity index (χ0v) is 20.5. The third-order valence-electron chi connectivity index (χ3n) is 7.42. The van der Waals surface area contributed by atoms with Crippen molar-refractivity contribution in [3.8, 4) is 33.8 Å². The summed E-state index contributed by atoms with van der Waals surface area (Å²) in [6.45, 7) is 9.53. The second kappa shape index (κ2) is 6.60. The number of hydrogen-bond donors (Lipinski definition) is 0. The van der Waals surface area contributed by atoms with Crippen molar-refractivity contribution in [2.24, 2.45) is 0 Å². The molecule has 0 fully saturated rings. The molecule has 1 nitrogen and oxygen atoms in total. The van der Waals surface area contributed by atoms with Crippen molar-refractivity contribution in [3.63, 3.8) is 0 Å². The van der Waals surface area contributed by atoms with Crippen molar-refractivity contribution >= 4 is 30.0 Å². The van der Waals surface area contributed by atoms with Crippen LogP contribution in [0.1, 0.15) is 25.0 Å². The predicted octanol–water partition coefficient (Wildman–Crippen LogP) is 7.24. The van der Waals surface area contributed by atoms with Gasteiger partial charge in [0.1, 0.15) is 19.6 Å². The zero-order valence-electron chi connectivity index (χ0n) is 18.8. The summed E-state index contributed by atoms with van der Waals surface area (Å²) in [7, 11) is -1.97. The van der Waals surface area contributed by atoms with Crippen LogP contribution in [-0.4, -0.2) is 8.07 Å². The lowest BCUT2D eigenvalue weighted by molar-refractivity contribution is 0.489. The van der Waals surface area contributed by atoms with Gasteiger partial charge in [-0.25, -0.2) is 0 Å². The highest BCUT2D eigenvalue weighted by Gasteiger charge is 2.44. The van der Waals surface area contributed by atoms with Crippen LogP contribution in [0.2, 0.25) is 18.1 Å². The third kappa shape index (κ3) is 2.57. The van der Waals surface area contributed by atoms with Gasteiger partial charge in [-0.3, -0.25) is 0 Å². The van der Waals surface area contributed by atoms with Gasteiger partial charge in [0.05, 0.1) is 0 Å². The molecule has 6 rings (SSSR count). The van der Waals surface area contributed by atoms with E-state index in [9.17, 15) is 0 Å². The molecule has 0 unspecified atom stereocenters. The van der Waals surface area contributed by atoms with E-state index in [4.69, 9.17) is 16.3 Å². The van der Waals surface area contributed by atoms with Gasteiger partial charge in [-0.15, -0.1) is 0 Å². The van der Waals surface area contributed by atoms with Crippen molar-refractivity contribution in [2.75, 3.05) is 0 Å². The molecule has 3 heteroatoms. The van der Waals surface area contributed by atoms with E-state index in [1.807, 2.05) is 12.1 Å². The molecule has 2 aliphatic rings. The van der Waals surface area contributed by atoms with Gasteiger partial charge < -0.3 is 4.74 Å². The smallest absolute Gasteiger partial charge is 0.135 e. The summed E-state index contributed by atoms with van der Waals surface area (Å²) >= 11 is 6.17. The van der Waals surface area contributed by atoms with Gasteiger partial charge in [0.2, 0.25) is 0 Å². The molecule has 0 amide bonds. The van der Waals surface area contributed by atoms with Crippen molar-refractivity contribution in [2.45, 2.75) is 32.4 Å². The minimum Gasteiger partial charge on any atom is -0.456 e. The first-order valence-electron chi connectivity index (χ1n) is 11.2. The van der Waals surface area contributed by atoms with Gasteiger partial charge in [-0.05, 0) is 44.8 Å². The molecule has 0 saturated heterocycles. The average molecular weight is 453 g/mol.